The minimum atomic E-state index is -0.650. The molecule has 0 rings (SSSR count). The van der Waals surface area contributed by atoms with Crippen LogP contribution in [0.25, 0.3) is 0 Å². The highest BCUT2D eigenvalue weighted by molar-refractivity contribution is 8.13. The van der Waals surface area contributed by atoms with Gasteiger partial charge in [0.05, 0.1) is 18.6 Å². The van der Waals surface area contributed by atoms with Crippen LogP contribution in [-0.2, 0) is 14.3 Å². The fraction of sp³-hybridized carbons (Fsp3) is 0.875. The number of hydrogen-bond donors (Lipinski definition) is 1. The second kappa shape index (κ2) is 13.1. The summed E-state index contributed by atoms with van der Waals surface area (Å²) in [6, 6.07) is 0. The highest BCUT2D eigenvalue weighted by Gasteiger charge is 2.27. The monoisotopic (exact) mass is 318 g/mol. The number of aliphatic hydroxyl groups is 1. The quantitative estimate of drug-likeness (QED) is 0.440. The van der Waals surface area contributed by atoms with Gasteiger partial charge >= 0.3 is 5.97 Å². The molecule has 0 spiro atoms. The number of carbonyl (C=O) groups excluding carboxylic acids is 2. The van der Waals surface area contributed by atoms with Crippen LogP contribution in [0.15, 0.2) is 0 Å². The zero-order chi connectivity index (χ0) is 16.1. The Bertz CT molecular complexity index is 294. The van der Waals surface area contributed by atoms with E-state index in [1.165, 1.54) is 11.8 Å². The van der Waals surface area contributed by atoms with Crippen LogP contribution in [-0.4, -0.2) is 34.7 Å². The molecule has 0 aliphatic heterocycles. The molecule has 0 saturated carbocycles. The lowest BCUT2D eigenvalue weighted by Gasteiger charge is -2.21. The molecule has 0 heterocycles. The third-order valence-corrected chi connectivity index (χ3v) is 4.25. The van der Waals surface area contributed by atoms with E-state index in [1.807, 2.05) is 6.92 Å². The maximum Gasteiger partial charge on any atom is 0.305 e. The first-order chi connectivity index (χ1) is 10.1. The molecule has 0 aromatic heterocycles. The first-order valence-electron chi connectivity index (χ1n) is 8.07. The van der Waals surface area contributed by atoms with E-state index in [9.17, 15) is 14.7 Å². The van der Waals surface area contributed by atoms with Gasteiger partial charge in [0, 0.05) is 6.42 Å². The Morgan fingerprint density at radius 1 is 1.10 bits per heavy atom. The molecule has 1 N–H and O–H groups in total. The Hall–Kier alpha value is -0.550. The third-order valence-electron chi connectivity index (χ3n) is 3.37. The van der Waals surface area contributed by atoms with Crippen molar-refractivity contribution in [1.82, 2.24) is 0 Å². The molecule has 124 valence electrons. The maximum atomic E-state index is 12.1. The molecule has 0 amide bonds. The molecular formula is C16H30O4S. The van der Waals surface area contributed by atoms with Crippen molar-refractivity contribution < 1.29 is 19.4 Å². The minimum Gasteiger partial charge on any atom is -0.466 e. The SMILES string of the molecule is CCCCCC[C@@H](O)[C@H](CCC(=O)OCC)C(=O)SCC. The zero-order valence-electron chi connectivity index (χ0n) is 13.6. The summed E-state index contributed by atoms with van der Waals surface area (Å²) < 4.78 is 4.89. The fourth-order valence-electron chi connectivity index (χ4n) is 2.20. The molecule has 0 bridgehead atoms. The number of rotatable bonds is 12. The summed E-state index contributed by atoms with van der Waals surface area (Å²) in [6.07, 6.45) is 4.85. The number of thioether (sulfide) groups is 1. The Labute approximate surface area is 133 Å². The Balaban J connectivity index is 4.36. The van der Waals surface area contributed by atoms with Crippen LogP contribution in [0.5, 0.6) is 0 Å². The summed E-state index contributed by atoms with van der Waals surface area (Å²) in [6.45, 7) is 6.16. The van der Waals surface area contributed by atoms with Crippen molar-refractivity contribution in [2.24, 2.45) is 5.92 Å². The Morgan fingerprint density at radius 2 is 1.81 bits per heavy atom. The molecule has 0 radical (unpaired) electrons. The van der Waals surface area contributed by atoms with Gasteiger partial charge in [-0.3, -0.25) is 9.59 Å². The molecule has 0 aromatic rings. The summed E-state index contributed by atoms with van der Waals surface area (Å²) in [4.78, 5) is 23.5. The molecule has 0 unspecified atom stereocenters. The van der Waals surface area contributed by atoms with Gasteiger partial charge in [0.25, 0.3) is 0 Å². The summed E-state index contributed by atoms with van der Waals surface area (Å²) >= 11 is 1.23. The number of unbranched alkanes of at least 4 members (excludes halogenated alkanes) is 3. The van der Waals surface area contributed by atoms with Crippen molar-refractivity contribution in [3.63, 3.8) is 0 Å². The third kappa shape index (κ3) is 9.91. The normalized spacial score (nSPS) is 13.7. The lowest BCUT2D eigenvalue weighted by atomic mass is 9.94. The van der Waals surface area contributed by atoms with E-state index < -0.39 is 12.0 Å². The summed E-state index contributed by atoms with van der Waals surface area (Å²) in [5.41, 5.74) is 0. The van der Waals surface area contributed by atoms with Crippen molar-refractivity contribution in [2.45, 2.75) is 71.8 Å². The van der Waals surface area contributed by atoms with Crippen molar-refractivity contribution in [2.75, 3.05) is 12.4 Å². The number of esters is 1. The van der Waals surface area contributed by atoms with Gasteiger partial charge in [0.2, 0.25) is 0 Å². The lowest BCUT2D eigenvalue weighted by Crippen LogP contribution is -2.28. The number of hydrogen-bond acceptors (Lipinski definition) is 5. The van der Waals surface area contributed by atoms with Gasteiger partial charge in [-0.1, -0.05) is 51.3 Å². The van der Waals surface area contributed by atoms with Crippen LogP contribution in [0.3, 0.4) is 0 Å². The molecule has 4 nitrogen and oxygen atoms in total. The van der Waals surface area contributed by atoms with Gasteiger partial charge < -0.3 is 9.84 Å². The Morgan fingerprint density at radius 3 is 2.38 bits per heavy atom. The lowest BCUT2D eigenvalue weighted by molar-refractivity contribution is -0.143. The standard InChI is InChI=1S/C16H30O4S/c1-4-7-8-9-10-14(17)13(16(19)21-6-3)11-12-15(18)20-5-2/h13-14,17H,4-12H2,1-3H3/t13-,14+/m0/s1. The van der Waals surface area contributed by atoms with E-state index in [2.05, 4.69) is 6.92 Å². The first kappa shape index (κ1) is 20.5. The van der Waals surface area contributed by atoms with E-state index in [-0.39, 0.29) is 17.5 Å². The minimum absolute atomic E-state index is 0.00945. The number of carbonyl (C=O) groups is 2. The van der Waals surface area contributed by atoms with Crippen LogP contribution in [0.2, 0.25) is 0 Å². The van der Waals surface area contributed by atoms with Gasteiger partial charge in [-0.15, -0.1) is 0 Å². The Kier molecular flexibility index (Phi) is 12.8. The van der Waals surface area contributed by atoms with Gasteiger partial charge in [-0.2, -0.15) is 0 Å². The fourth-order valence-corrected chi connectivity index (χ4v) is 2.98. The van der Waals surface area contributed by atoms with E-state index in [4.69, 9.17) is 4.74 Å². The van der Waals surface area contributed by atoms with E-state index >= 15 is 0 Å². The van der Waals surface area contributed by atoms with Crippen LogP contribution in [0.1, 0.15) is 65.7 Å². The van der Waals surface area contributed by atoms with Crippen molar-refractivity contribution in [1.29, 1.82) is 0 Å². The average Bonchev–Trinajstić information content (AvgIpc) is 2.44. The van der Waals surface area contributed by atoms with E-state index in [0.29, 0.717) is 25.2 Å². The van der Waals surface area contributed by atoms with Gasteiger partial charge in [0.1, 0.15) is 0 Å². The number of aliphatic hydroxyl groups excluding tert-OH is 1. The topological polar surface area (TPSA) is 63.6 Å². The smallest absolute Gasteiger partial charge is 0.305 e. The summed E-state index contributed by atoms with van der Waals surface area (Å²) in [7, 11) is 0. The van der Waals surface area contributed by atoms with E-state index in [0.717, 1.165) is 25.7 Å². The first-order valence-corrected chi connectivity index (χ1v) is 9.05. The summed E-state index contributed by atoms with van der Waals surface area (Å²) in [5, 5.41) is 10.3. The largest absolute Gasteiger partial charge is 0.466 e. The molecular weight excluding hydrogens is 288 g/mol. The van der Waals surface area contributed by atoms with Crippen LogP contribution < -0.4 is 0 Å². The van der Waals surface area contributed by atoms with E-state index in [1.54, 1.807) is 6.92 Å². The molecule has 0 aliphatic rings. The molecule has 0 fully saturated rings. The highest BCUT2D eigenvalue weighted by atomic mass is 32.2. The molecule has 0 aromatic carbocycles. The zero-order valence-corrected chi connectivity index (χ0v) is 14.4. The second-order valence-electron chi connectivity index (χ2n) is 5.12. The predicted octanol–water partition coefficient (Wildman–Crippen LogP) is 3.56. The van der Waals surface area contributed by atoms with Crippen molar-refractivity contribution in [3.05, 3.63) is 0 Å². The van der Waals surface area contributed by atoms with Crippen molar-refractivity contribution >= 4 is 22.8 Å². The van der Waals surface area contributed by atoms with Crippen molar-refractivity contribution in [3.8, 4) is 0 Å². The molecule has 21 heavy (non-hydrogen) atoms. The van der Waals surface area contributed by atoms with Gasteiger partial charge in [-0.05, 0) is 25.5 Å². The van der Waals surface area contributed by atoms with Crippen LogP contribution in [0, 0.1) is 5.92 Å². The highest BCUT2D eigenvalue weighted by Crippen LogP contribution is 2.23. The number of ether oxygens (including phenoxy) is 1. The second-order valence-corrected chi connectivity index (χ2v) is 6.39. The summed E-state index contributed by atoms with van der Waals surface area (Å²) in [5.74, 6) is -0.0620. The molecule has 0 aliphatic carbocycles. The average molecular weight is 318 g/mol. The van der Waals surface area contributed by atoms with Gasteiger partial charge in [-0.25, -0.2) is 0 Å². The molecule has 0 saturated heterocycles. The molecule has 2 atom stereocenters. The van der Waals surface area contributed by atoms with Gasteiger partial charge in [0.15, 0.2) is 5.12 Å². The molecule has 5 heteroatoms. The van der Waals surface area contributed by atoms with Crippen LogP contribution >= 0.6 is 11.8 Å². The predicted molar refractivity (Wildman–Crippen MR) is 87.3 cm³/mol. The van der Waals surface area contributed by atoms with Crippen LogP contribution in [0.4, 0.5) is 0 Å². The maximum absolute atomic E-state index is 12.1.